The number of hydrogen-bond acceptors (Lipinski definition) is 5. The first kappa shape index (κ1) is 18.5. The summed E-state index contributed by atoms with van der Waals surface area (Å²) >= 11 is 0. The fourth-order valence-electron chi connectivity index (χ4n) is 1.36. The van der Waals surface area contributed by atoms with Gasteiger partial charge < -0.3 is 25.3 Å². The Morgan fingerprint density at radius 1 is 1.30 bits per heavy atom. The molecule has 0 aromatic heterocycles. The molecule has 0 unspecified atom stereocenters. The van der Waals surface area contributed by atoms with Crippen molar-refractivity contribution in [1.82, 2.24) is 0 Å². The molecular formula is C13H21ClN2O4. The van der Waals surface area contributed by atoms with Crippen LogP contribution in [0.15, 0.2) is 18.2 Å². The van der Waals surface area contributed by atoms with E-state index in [-0.39, 0.29) is 18.3 Å². The van der Waals surface area contributed by atoms with E-state index in [1.165, 1.54) is 0 Å². The van der Waals surface area contributed by atoms with Crippen LogP contribution in [0.25, 0.3) is 0 Å². The van der Waals surface area contributed by atoms with Crippen LogP contribution in [0.3, 0.4) is 0 Å². The first-order valence-corrected chi connectivity index (χ1v) is 5.94. The normalized spacial score (nSPS) is 11.2. The number of ether oxygens (including phenoxy) is 3. The Morgan fingerprint density at radius 3 is 2.55 bits per heavy atom. The molecule has 0 fully saturated rings. The minimum atomic E-state index is -0.569. The first-order chi connectivity index (χ1) is 9.08. The number of benzene rings is 1. The fraction of sp³-hybridized carbons (Fsp3) is 0.462. The van der Waals surface area contributed by atoms with Crippen LogP contribution in [0.2, 0.25) is 0 Å². The Hall–Kier alpha value is -1.50. The molecule has 0 saturated carbocycles. The highest BCUT2D eigenvalue weighted by Gasteiger charge is 2.10. The number of nitrogens with two attached hydrogens (primary N) is 1. The molecule has 0 aliphatic heterocycles. The summed E-state index contributed by atoms with van der Waals surface area (Å²) < 4.78 is 15.6. The molecular weight excluding hydrogens is 284 g/mol. The molecule has 1 rings (SSSR count). The molecule has 0 saturated heterocycles. The number of carbonyl (C=O) groups is 1. The van der Waals surface area contributed by atoms with Crippen LogP contribution in [0.5, 0.6) is 11.5 Å². The van der Waals surface area contributed by atoms with Gasteiger partial charge >= 0.3 is 0 Å². The van der Waals surface area contributed by atoms with Crippen molar-refractivity contribution in [1.29, 1.82) is 0 Å². The SMILES string of the molecule is COCCOc1cc(NC(=O)[C@H](C)N)ccc1OC.Cl. The van der Waals surface area contributed by atoms with Gasteiger partial charge in [-0.2, -0.15) is 0 Å². The third-order valence-corrected chi connectivity index (χ3v) is 2.39. The molecule has 1 aromatic carbocycles. The second kappa shape index (κ2) is 9.41. The Kier molecular flexibility index (Phi) is 8.71. The maximum absolute atomic E-state index is 11.5. The number of halogens is 1. The number of amides is 1. The predicted octanol–water partition coefficient (Wildman–Crippen LogP) is 1.43. The average Bonchev–Trinajstić information content (AvgIpc) is 2.39. The van der Waals surface area contributed by atoms with Crippen LogP contribution in [0.4, 0.5) is 5.69 Å². The smallest absolute Gasteiger partial charge is 0.241 e. The van der Waals surface area contributed by atoms with Crippen LogP contribution < -0.4 is 20.5 Å². The van der Waals surface area contributed by atoms with Crippen molar-refractivity contribution >= 4 is 24.0 Å². The Morgan fingerprint density at radius 2 is 2.00 bits per heavy atom. The molecule has 3 N–H and O–H groups in total. The second-order valence-corrected chi connectivity index (χ2v) is 3.98. The maximum atomic E-state index is 11.5. The van der Waals surface area contributed by atoms with E-state index in [0.717, 1.165) is 0 Å². The van der Waals surface area contributed by atoms with E-state index in [2.05, 4.69) is 5.32 Å². The van der Waals surface area contributed by atoms with Gasteiger partial charge in [-0.25, -0.2) is 0 Å². The van der Waals surface area contributed by atoms with Gasteiger partial charge in [-0.15, -0.1) is 12.4 Å². The summed E-state index contributed by atoms with van der Waals surface area (Å²) in [5.41, 5.74) is 6.10. The standard InChI is InChI=1S/C13H20N2O4.ClH/c1-9(14)13(16)15-10-4-5-11(18-3)12(8-10)19-7-6-17-2;/h4-5,8-9H,6-7,14H2,1-3H3,(H,15,16);1H/t9-;/m0./s1. The second-order valence-electron chi connectivity index (χ2n) is 3.98. The first-order valence-electron chi connectivity index (χ1n) is 5.94. The van der Waals surface area contributed by atoms with Gasteiger partial charge in [-0.1, -0.05) is 0 Å². The summed E-state index contributed by atoms with van der Waals surface area (Å²) in [4.78, 5) is 11.5. The van der Waals surface area contributed by atoms with Crippen molar-refractivity contribution in [2.45, 2.75) is 13.0 Å². The highest BCUT2D eigenvalue weighted by molar-refractivity contribution is 5.94. The van der Waals surface area contributed by atoms with Crippen molar-refractivity contribution in [3.8, 4) is 11.5 Å². The van der Waals surface area contributed by atoms with Gasteiger partial charge in [0.25, 0.3) is 0 Å². The lowest BCUT2D eigenvalue weighted by Gasteiger charge is -2.13. The van der Waals surface area contributed by atoms with Crippen molar-refractivity contribution in [3.63, 3.8) is 0 Å². The summed E-state index contributed by atoms with van der Waals surface area (Å²) in [6, 6.07) is 4.57. The zero-order chi connectivity index (χ0) is 14.3. The summed E-state index contributed by atoms with van der Waals surface area (Å²) in [6.07, 6.45) is 0. The quantitative estimate of drug-likeness (QED) is 0.745. The average molecular weight is 305 g/mol. The van der Waals surface area contributed by atoms with Gasteiger partial charge in [0.2, 0.25) is 5.91 Å². The van der Waals surface area contributed by atoms with Gasteiger partial charge in [0, 0.05) is 18.9 Å². The van der Waals surface area contributed by atoms with Crippen LogP contribution in [-0.4, -0.2) is 39.4 Å². The van der Waals surface area contributed by atoms with Gasteiger partial charge in [0.15, 0.2) is 11.5 Å². The molecule has 0 aliphatic rings. The van der Waals surface area contributed by atoms with E-state index in [1.807, 2.05) is 0 Å². The predicted molar refractivity (Wildman–Crippen MR) is 79.9 cm³/mol. The molecule has 1 amide bonds. The van der Waals surface area contributed by atoms with Crippen LogP contribution in [0.1, 0.15) is 6.92 Å². The molecule has 0 aliphatic carbocycles. The summed E-state index contributed by atoms with van der Waals surface area (Å²) in [5, 5.41) is 2.69. The van der Waals surface area contributed by atoms with Crippen molar-refractivity contribution in [2.75, 3.05) is 32.8 Å². The number of carbonyl (C=O) groups excluding carboxylic acids is 1. The zero-order valence-corrected chi connectivity index (χ0v) is 12.7. The van der Waals surface area contributed by atoms with Crippen molar-refractivity contribution in [3.05, 3.63) is 18.2 Å². The number of rotatable bonds is 7. The summed E-state index contributed by atoms with van der Waals surface area (Å²) in [7, 11) is 3.15. The highest BCUT2D eigenvalue weighted by Crippen LogP contribution is 2.30. The maximum Gasteiger partial charge on any atom is 0.241 e. The van der Waals surface area contributed by atoms with E-state index >= 15 is 0 Å². The molecule has 0 bridgehead atoms. The molecule has 20 heavy (non-hydrogen) atoms. The molecule has 0 spiro atoms. The zero-order valence-electron chi connectivity index (χ0n) is 11.8. The van der Waals surface area contributed by atoms with Crippen LogP contribution >= 0.6 is 12.4 Å². The molecule has 1 atom stereocenters. The number of nitrogens with one attached hydrogen (secondary N) is 1. The van der Waals surface area contributed by atoms with E-state index in [1.54, 1.807) is 39.3 Å². The minimum Gasteiger partial charge on any atom is -0.493 e. The molecule has 1 aromatic rings. The molecule has 6 nitrogen and oxygen atoms in total. The summed E-state index contributed by atoms with van der Waals surface area (Å²) in [5.74, 6) is 0.880. The number of methoxy groups -OCH3 is 2. The monoisotopic (exact) mass is 304 g/mol. The molecule has 114 valence electrons. The van der Waals surface area contributed by atoms with E-state index in [4.69, 9.17) is 19.9 Å². The fourth-order valence-corrected chi connectivity index (χ4v) is 1.36. The van der Waals surface area contributed by atoms with Gasteiger partial charge in [0.1, 0.15) is 6.61 Å². The number of hydrogen-bond donors (Lipinski definition) is 2. The molecule has 7 heteroatoms. The Balaban J connectivity index is 0.00000361. The number of anilines is 1. The lowest BCUT2D eigenvalue weighted by Crippen LogP contribution is -2.32. The highest BCUT2D eigenvalue weighted by atomic mass is 35.5. The Bertz CT molecular complexity index is 427. The Labute approximate surface area is 125 Å². The topological polar surface area (TPSA) is 82.8 Å². The van der Waals surface area contributed by atoms with Gasteiger partial charge in [0.05, 0.1) is 19.8 Å². The van der Waals surface area contributed by atoms with E-state index < -0.39 is 6.04 Å². The third-order valence-electron chi connectivity index (χ3n) is 2.39. The van der Waals surface area contributed by atoms with E-state index in [9.17, 15) is 4.79 Å². The summed E-state index contributed by atoms with van der Waals surface area (Å²) in [6.45, 7) is 2.49. The van der Waals surface area contributed by atoms with Crippen LogP contribution in [-0.2, 0) is 9.53 Å². The largest absolute Gasteiger partial charge is 0.493 e. The van der Waals surface area contributed by atoms with Crippen LogP contribution in [0, 0.1) is 0 Å². The third kappa shape index (κ3) is 5.64. The van der Waals surface area contributed by atoms with E-state index in [0.29, 0.717) is 30.4 Å². The van der Waals surface area contributed by atoms with Gasteiger partial charge in [-0.05, 0) is 19.1 Å². The lowest BCUT2D eigenvalue weighted by molar-refractivity contribution is -0.117. The van der Waals surface area contributed by atoms with Gasteiger partial charge in [-0.3, -0.25) is 4.79 Å². The minimum absolute atomic E-state index is 0. The van der Waals surface area contributed by atoms with Crippen molar-refractivity contribution < 1.29 is 19.0 Å². The van der Waals surface area contributed by atoms with Crippen molar-refractivity contribution in [2.24, 2.45) is 5.73 Å². The molecule has 0 radical (unpaired) electrons. The lowest BCUT2D eigenvalue weighted by atomic mass is 10.2. The molecule has 0 heterocycles.